The maximum Gasteiger partial charge on any atom is 0.416 e. The highest BCUT2D eigenvalue weighted by molar-refractivity contribution is 6.33. The average molecular weight is 379 g/mol. The third kappa shape index (κ3) is 4.05. The second kappa shape index (κ2) is 7.21. The number of anilines is 1. The first-order chi connectivity index (χ1) is 12.3. The Labute approximate surface area is 152 Å². The molecule has 0 saturated carbocycles. The predicted octanol–water partition coefficient (Wildman–Crippen LogP) is 5.38. The van der Waals surface area contributed by atoms with Crippen LogP contribution in [0.5, 0.6) is 0 Å². The molecule has 8 heteroatoms. The molecule has 3 rings (SSSR count). The van der Waals surface area contributed by atoms with Crippen LogP contribution in [0.25, 0.3) is 5.69 Å². The third-order valence-corrected chi connectivity index (χ3v) is 4.05. The van der Waals surface area contributed by atoms with E-state index in [1.54, 1.807) is 19.4 Å². The number of aromatic nitrogens is 2. The molecule has 3 aromatic rings. The number of halogens is 4. The van der Waals surface area contributed by atoms with Gasteiger partial charge in [0.05, 0.1) is 28.3 Å². The van der Waals surface area contributed by atoms with E-state index in [1.807, 2.05) is 35.0 Å². The van der Waals surface area contributed by atoms with Crippen LogP contribution in [0.2, 0.25) is 5.02 Å². The van der Waals surface area contributed by atoms with Crippen molar-refractivity contribution in [2.75, 3.05) is 5.43 Å². The highest BCUT2D eigenvalue weighted by Gasteiger charge is 2.30. The van der Waals surface area contributed by atoms with Gasteiger partial charge in [-0.2, -0.15) is 18.3 Å². The monoisotopic (exact) mass is 378 g/mol. The topological polar surface area (TPSA) is 42.2 Å². The molecule has 1 heterocycles. The smallest absolute Gasteiger partial charge is 0.306 e. The molecule has 26 heavy (non-hydrogen) atoms. The minimum Gasteiger partial charge on any atom is -0.306 e. The van der Waals surface area contributed by atoms with E-state index in [0.717, 1.165) is 23.4 Å². The van der Waals surface area contributed by atoms with Crippen molar-refractivity contribution >= 4 is 23.0 Å². The van der Waals surface area contributed by atoms with Gasteiger partial charge >= 0.3 is 6.18 Å². The van der Waals surface area contributed by atoms with Crippen LogP contribution in [0, 0.1) is 0 Å². The van der Waals surface area contributed by atoms with Gasteiger partial charge in [0.2, 0.25) is 0 Å². The Balaban J connectivity index is 1.78. The van der Waals surface area contributed by atoms with E-state index in [4.69, 9.17) is 11.6 Å². The maximum atomic E-state index is 12.8. The lowest BCUT2D eigenvalue weighted by Crippen LogP contribution is -2.06. The summed E-state index contributed by atoms with van der Waals surface area (Å²) in [5, 5.41) is 4.29. The number of hydrogen-bond acceptors (Lipinski definition) is 3. The van der Waals surface area contributed by atoms with Crippen molar-refractivity contribution in [1.29, 1.82) is 0 Å². The molecule has 0 aliphatic heterocycles. The number of hydrogen-bond donors (Lipinski definition) is 1. The van der Waals surface area contributed by atoms with Crippen LogP contribution in [0.4, 0.5) is 18.9 Å². The van der Waals surface area contributed by atoms with Gasteiger partial charge in [-0.15, -0.1) is 0 Å². The number of alkyl halides is 3. The molecule has 1 aromatic heterocycles. The van der Waals surface area contributed by atoms with Gasteiger partial charge in [0, 0.05) is 18.1 Å². The number of hydrazone groups is 1. The summed E-state index contributed by atoms with van der Waals surface area (Å²) in [7, 11) is 0. The summed E-state index contributed by atoms with van der Waals surface area (Å²) >= 11 is 5.95. The van der Waals surface area contributed by atoms with Crippen LogP contribution >= 0.6 is 11.6 Å². The van der Waals surface area contributed by atoms with Crippen molar-refractivity contribution in [3.05, 3.63) is 77.3 Å². The van der Waals surface area contributed by atoms with Crippen LogP contribution in [0.3, 0.4) is 0 Å². The summed E-state index contributed by atoms with van der Waals surface area (Å²) in [5.74, 6) is 0. The van der Waals surface area contributed by atoms with Crippen molar-refractivity contribution in [3.63, 3.8) is 0 Å². The Kier molecular flexibility index (Phi) is 4.99. The van der Waals surface area contributed by atoms with E-state index in [0.29, 0.717) is 5.71 Å². The van der Waals surface area contributed by atoms with Gasteiger partial charge in [0.15, 0.2) is 0 Å². The molecule has 0 bridgehead atoms. The van der Waals surface area contributed by atoms with Crippen molar-refractivity contribution < 1.29 is 13.2 Å². The molecular formula is C18H14ClF3N4. The maximum absolute atomic E-state index is 12.8. The molecule has 0 aliphatic carbocycles. The van der Waals surface area contributed by atoms with Gasteiger partial charge in [0.1, 0.15) is 0 Å². The van der Waals surface area contributed by atoms with Crippen LogP contribution in [-0.2, 0) is 6.18 Å². The minimum absolute atomic E-state index is 0.0934. The van der Waals surface area contributed by atoms with Crippen LogP contribution in [0.15, 0.2) is 66.3 Å². The molecule has 0 amide bonds. The molecule has 0 atom stereocenters. The molecule has 0 saturated heterocycles. The van der Waals surface area contributed by atoms with Crippen molar-refractivity contribution in [3.8, 4) is 5.69 Å². The molecule has 0 aliphatic rings. The van der Waals surface area contributed by atoms with Gasteiger partial charge < -0.3 is 4.57 Å². The summed E-state index contributed by atoms with van der Waals surface area (Å²) < 4.78 is 40.3. The summed E-state index contributed by atoms with van der Waals surface area (Å²) in [5.41, 5.74) is 4.28. The Morgan fingerprint density at radius 2 is 1.88 bits per heavy atom. The Morgan fingerprint density at radius 3 is 2.50 bits per heavy atom. The van der Waals surface area contributed by atoms with Gasteiger partial charge in [-0.3, -0.25) is 5.43 Å². The summed E-state index contributed by atoms with van der Waals surface area (Å²) in [6.45, 7) is 1.75. The Bertz CT molecular complexity index is 917. The first-order valence-electron chi connectivity index (χ1n) is 7.60. The summed E-state index contributed by atoms with van der Waals surface area (Å²) in [6.07, 6.45) is 0.757. The number of imidazole rings is 1. The molecule has 1 N–H and O–H groups in total. The standard InChI is InChI=1S/C18H14ClF3N4/c1-12(13-2-5-15(6-3-13)26-9-8-23-11-26)24-25-17-10-14(18(20,21)22)4-7-16(17)19/h2-11,25H,1H3/b24-12+. The number of rotatable bonds is 4. The first-order valence-corrected chi connectivity index (χ1v) is 7.98. The largest absolute Gasteiger partial charge is 0.416 e. The lowest BCUT2D eigenvalue weighted by Gasteiger charge is -2.11. The summed E-state index contributed by atoms with van der Waals surface area (Å²) in [4.78, 5) is 3.99. The number of nitrogens with zero attached hydrogens (tertiary/aromatic N) is 3. The second-order valence-electron chi connectivity index (χ2n) is 5.52. The molecule has 2 aromatic carbocycles. The average Bonchev–Trinajstić information content (AvgIpc) is 3.14. The molecule has 134 valence electrons. The number of benzene rings is 2. The van der Waals surface area contributed by atoms with Crippen molar-refractivity contribution in [2.24, 2.45) is 5.10 Å². The Morgan fingerprint density at radius 1 is 1.15 bits per heavy atom. The van der Waals surface area contributed by atoms with Gasteiger partial charge in [-0.1, -0.05) is 23.7 Å². The zero-order valence-corrected chi connectivity index (χ0v) is 14.4. The van der Waals surface area contributed by atoms with E-state index in [1.165, 1.54) is 6.07 Å². The van der Waals surface area contributed by atoms with Crippen molar-refractivity contribution in [1.82, 2.24) is 9.55 Å². The van der Waals surface area contributed by atoms with Crippen molar-refractivity contribution in [2.45, 2.75) is 13.1 Å². The lowest BCUT2D eigenvalue weighted by molar-refractivity contribution is -0.137. The molecule has 0 fully saturated rings. The van der Waals surface area contributed by atoms with Crippen LogP contribution in [-0.4, -0.2) is 15.3 Å². The highest BCUT2D eigenvalue weighted by atomic mass is 35.5. The molecule has 0 spiro atoms. The summed E-state index contributed by atoms with van der Waals surface area (Å²) in [6, 6.07) is 10.6. The van der Waals surface area contributed by atoms with E-state index in [-0.39, 0.29) is 10.7 Å². The molecule has 0 unspecified atom stereocenters. The van der Waals surface area contributed by atoms with E-state index in [2.05, 4.69) is 15.5 Å². The third-order valence-electron chi connectivity index (χ3n) is 3.73. The number of nitrogens with one attached hydrogen (secondary N) is 1. The van der Waals surface area contributed by atoms with Gasteiger partial charge in [-0.25, -0.2) is 4.98 Å². The zero-order valence-electron chi connectivity index (χ0n) is 13.6. The first kappa shape index (κ1) is 18.0. The second-order valence-corrected chi connectivity index (χ2v) is 5.93. The van der Waals surface area contributed by atoms with Gasteiger partial charge in [0.25, 0.3) is 0 Å². The molecule has 0 radical (unpaired) electrons. The van der Waals surface area contributed by atoms with E-state index >= 15 is 0 Å². The fraction of sp³-hybridized carbons (Fsp3) is 0.111. The molecular weight excluding hydrogens is 365 g/mol. The quantitative estimate of drug-likeness (QED) is 0.489. The normalized spacial score (nSPS) is 12.3. The Hall–Kier alpha value is -2.80. The SMILES string of the molecule is C/C(=N\Nc1cc(C(F)(F)F)ccc1Cl)c1ccc(-n2ccnc2)cc1. The minimum atomic E-state index is -4.44. The fourth-order valence-corrected chi connectivity index (χ4v) is 2.44. The fourth-order valence-electron chi connectivity index (χ4n) is 2.28. The van der Waals surface area contributed by atoms with Crippen LogP contribution < -0.4 is 5.43 Å². The molecule has 4 nitrogen and oxygen atoms in total. The van der Waals surface area contributed by atoms with E-state index < -0.39 is 11.7 Å². The highest BCUT2D eigenvalue weighted by Crippen LogP contribution is 2.33. The zero-order chi connectivity index (χ0) is 18.7. The van der Waals surface area contributed by atoms with Gasteiger partial charge in [-0.05, 0) is 42.8 Å². The lowest BCUT2D eigenvalue weighted by atomic mass is 10.1. The van der Waals surface area contributed by atoms with E-state index in [9.17, 15) is 13.2 Å². The predicted molar refractivity (Wildman–Crippen MR) is 95.9 cm³/mol. The van der Waals surface area contributed by atoms with Crippen LogP contribution in [0.1, 0.15) is 18.1 Å².